The maximum Gasteiger partial charge on any atom is 0.416 e. The molecule has 8 atom stereocenters. The highest BCUT2D eigenvalue weighted by Gasteiger charge is 2.56. The second kappa shape index (κ2) is 18.7. The van der Waals surface area contributed by atoms with E-state index in [2.05, 4.69) is 15.5 Å². The van der Waals surface area contributed by atoms with Crippen LogP contribution in [0.3, 0.4) is 0 Å². The molecule has 1 amide bonds. The topological polar surface area (TPSA) is 193 Å². The molecule has 0 aliphatic carbocycles. The molecule has 380 valence electrons. The van der Waals surface area contributed by atoms with Gasteiger partial charge in [0.25, 0.3) is 20.0 Å². The molecule has 4 aliphatic heterocycles. The van der Waals surface area contributed by atoms with Gasteiger partial charge in [-0.25, -0.2) is 39.2 Å². The largest absolute Gasteiger partial charge is 0.444 e. The van der Waals surface area contributed by atoms with Gasteiger partial charge in [-0.2, -0.15) is 44.7 Å². The van der Waals surface area contributed by atoms with Crippen LogP contribution in [-0.4, -0.2) is 118 Å². The van der Waals surface area contributed by atoms with E-state index in [-0.39, 0.29) is 50.3 Å². The number of nitrogens with two attached hydrogens (primary N) is 1. The Bertz CT molecular complexity index is 2760. The predicted molar refractivity (Wildman–Crippen MR) is 221 cm³/mol. The van der Waals surface area contributed by atoms with Gasteiger partial charge >= 0.3 is 18.4 Å². The minimum Gasteiger partial charge on any atom is -0.444 e. The number of aromatic nitrogens is 4. The van der Waals surface area contributed by atoms with Crippen molar-refractivity contribution in [3.05, 3.63) is 106 Å². The third kappa shape index (κ3) is 11.7. The van der Waals surface area contributed by atoms with Crippen LogP contribution >= 0.6 is 0 Å². The Hall–Kier alpha value is -4.87. The minimum absolute atomic E-state index is 0.0236. The first-order chi connectivity index (χ1) is 31.8. The summed E-state index contributed by atoms with van der Waals surface area (Å²) >= 11 is 0. The van der Waals surface area contributed by atoms with Crippen molar-refractivity contribution in [1.82, 2.24) is 33.5 Å². The average molecular weight is 1030 g/mol. The molecule has 0 spiro atoms. The van der Waals surface area contributed by atoms with E-state index in [1.54, 1.807) is 20.8 Å². The zero-order chi connectivity index (χ0) is 50.9. The molecule has 0 unspecified atom stereocenters. The van der Waals surface area contributed by atoms with Crippen molar-refractivity contribution < 1.29 is 79.7 Å². The Morgan fingerprint density at radius 3 is 1.52 bits per heavy atom. The highest BCUT2D eigenvalue weighted by atomic mass is 32.2. The highest BCUT2D eigenvalue weighted by molar-refractivity contribution is 7.89. The van der Waals surface area contributed by atoms with Crippen LogP contribution in [0.25, 0.3) is 0 Å². The van der Waals surface area contributed by atoms with Gasteiger partial charge in [0.05, 0.1) is 29.9 Å². The number of rotatable bonds is 7. The number of carbonyl (C=O) groups excluding carboxylic acids is 1. The van der Waals surface area contributed by atoms with Gasteiger partial charge < -0.3 is 25.3 Å². The summed E-state index contributed by atoms with van der Waals surface area (Å²) in [5.74, 6) is -3.61. The molecule has 16 nitrogen and oxygen atoms in total. The van der Waals surface area contributed by atoms with Crippen molar-refractivity contribution >= 4 is 26.1 Å². The zero-order valence-electron chi connectivity index (χ0n) is 37.1. The SMILES string of the molecule is CC(C)(C)OC(=O)N[C@H]1C[C@H](N2Cc3cn(S(C)(=O)=O)nc3C2)[C@H](C(F)(F)F)O[C@@H]1c1cc(F)ccc1F.CS(=O)(=O)n1cc2c(n1)CN([C@H]1C[C@H](N)[C@@H](c3cc(F)ccc3F)O[C@H]1C(F)(F)F)C2. The van der Waals surface area contributed by atoms with Crippen molar-refractivity contribution in [1.29, 1.82) is 0 Å². The van der Waals surface area contributed by atoms with E-state index in [1.807, 2.05) is 0 Å². The molecule has 0 bridgehead atoms. The number of alkyl halides is 6. The molecule has 3 N–H and O–H groups in total. The van der Waals surface area contributed by atoms with Crippen LogP contribution in [0.2, 0.25) is 0 Å². The van der Waals surface area contributed by atoms with Crippen molar-refractivity contribution in [2.45, 2.75) is 126 Å². The van der Waals surface area contributed by atoms with Crippen molar-refractivity contribution in [3.8, 4) is 0 Å². The molecule has 2 saturated heterocycles. The molecule has 2 aromatic carbocycles. The lowest BCUT2D eigenvalue weighted by Gasteiger charge is -2.45. The van der Waals surface area contributed by atoms with Crippen LogP contribution < -0.4 is 11.1 Å². The number of nitrogens with one attached hydrogen (secondary N) is 1. The number of alkyl carbamates (subject to hydrolysis) is 1. The van der Waals surface area contributed by atoms with Crippen molar-refractivity contribution in [2.75, 3.05) is 12.5 Å². The third-order valence-corrected chi connectivity index (χ3v) is 13.4. The minimum atomic E-state index is -4.91. The van der Waals surface area contributed by atoms with Gasteiger partial charge in [0, 0.05) is 79.0 Å². The van der Waals surface area contributed by atoms with E-state index in [1.165, 1.54) is 22.2 Å². The number of ether oxygens (including phenoxy) is 3. The van der Waals surface area contributed by atoms with Gasteiger partial charge in [-0.05, 0) is 70.0 Å². The van der Waals surface area contributed by atoms with Gasteiger partial charge in [0.2, 0.25) is 0 Å². The molecule has 69 heavy (non-hydrogen) atoms. The Morgan fingerprint density at radius 2 is 1.12 bits per heavy atom. The van der Waals surface area contributed by atoms with Gasteiger partial charge in [-0.1, -0.05) is 0 Å². The van der Waals surface area contributed by atoms with Gasteiger partial charge in [-0.15, -0.1) is 0 Å². The smallest absolute Gasteiger partial charge is 0.416 e. The first kappa shape index (κ1) is 52.0. The van der Waals surface area contributed by atoms with E-state index in [4.69, 9.17) is 19.9 Å². The molecule has 0 saturated carbocycles. The normalized spacial score (nSPS) is 26.0. The van der Waals surface area contributed by atoms with E-state index < -0.39 is 122 Å². The number of hydrogen-bond donors (Lipinski definition) is 2. The summed E-state index contributed by atoms with van der Waals surface area (Å²) in [5, 5.41) is 10.4. The monoisotopic (exact) mass is 1030 g/mol. The first-order valence-corrected chi connectivity index (χ1v) is 24.6. The Balaban J connectivity index is 0.000000208. The summed E-state index contributed by atoms with van der Waals surface area (Å²) in [6, 6.07) is -0.0508. The number of fused-ring (bicyclic) bond motifs is 2. The standard InChI is InChI=1S/C23H27F5N4O5S.C18H19F5N4O3S/c1-22(2,3)37-21(33)29-16-8-18(31-9-12-10-32(38(4,34)35)30-17(12)11-31)20(23(26,27)28)36-19(16)14-7-13(24)5-6-15(14)25;1-31(28,29)27-7-9-6-26(8-14(9)25-27)15-5-13(24)16(30-17(15)18(21,22)23)11-4-10(19)2-3-12(11)20/h5-7,10,16,18-20H,8-9,11H2,1-4H3,(H,29,33);2-4,7,13,15-17H,5-6,8,24H2,1H3/t16-,18-,19+,20+;13-,15-,16+,17+/m00/s1. The maximum atomic E-state index is 14.7. The lowest BCUT2D eigenvalue weighted by atomic mass is 9.88. The molecule has 28 heteroatoms. The quantitative estimate of drug-likeness (QED) is 0.214. The summed E-state index contributed by atoms with van der Waals surface area (Å²) in [6.07, 6.45) is -14.7. The van der Waals surface area contributed by atoms with Crippen LogP contribution in [0.15, 0.2) is 48.8 Å². The predicted octanol–water partition coefficient (Wildman–Crippen LogP) is 5.71. The lowest BCUT2D eigenvalue weighted by Crippen LogP contribution is -2.59. The fourth-order valence-corrected chi connectivity index (χ4v) is 9.90. The van der Waals surface area contributed by atoms with Gasteiger partial charge in [0.15, 0.2) is 12.2 Å². The van der Waals surface area contributed by atoms with Crippen LogP contribution in [-0.2, 0) is 60.4 Å². The molecule has 4 aliphatic rings. The molecule has 2 fully saturated rings. The Kier molecular flexibility index (Phi) is 14.1. The van der Waals surface area contributed by atoms with Crippen LogP contribution in [0.1, 0.15) is 79.5 Å². The van der Waals surface area contributed by atoms with Crippen LogP contribution in [0.4, 0.5) is 48.7 Å². The summed E-state index contributed by atoms with van der Waals surface area (Å²) in [6.45, 7) is 4.59. The van der Waals surface area contributed by atoms with E-state index in [0.717, 1.165) is 57.1 Å². The third-order valence-electron chi connectivity index (χ3n) is 11.7. The van der Waals surface area contributed by atoms with E-state index in [9.17, 15) is 65.5 Å². The Labute approximate surface area is 388 Å². The summed E-state index contributed by atoms with van der Waals surface area (Å²) in [7, 11) is -7.30. The number of nitrogens with zero attached hydrogens (tertiary/aromatic N) is 6. The van der Waals surface area contributed by atoms with E-state index >= 15 is 0 Å². The Morgan fingerprint density at radius 1 is 0.696 bits per heavy atom. The van der Waals surface area contributed by atoms with Crippen LogP contribution in [0, 0.1) is 23.3 Å². The summed E-state index contributed by atoms with van der Waals surface area (Å²) in [5.41, 5.74) is 5.80. The molecular formula is C41H46F10N8O8S2. The number of amides is 1. The number of benzene rings is 2. The lowest BCUT2D eigenvalue weighted by molar-refractivity contribution is -0.270. The maximum absolute atomic E-state index is 14.7. The van der Waals surface area contributed by atoms with Crippen LogP contribution in [0.5, 0.6) is 0 Å². The number of hydrogen-bond acceptors (Lipinski definition) is 13. The molecular weight excluding hydrogens is 987 g/mol. The zero-order valence-corrected chi connectivity index (χ0v) is 38.7. The molecule has 0 radical (unpaired) electrons. The molecule has 4 aromatic rings. The van der Waals surface area contributed by atoms with Crippen molar-refractivity contribution in [2.24, 2.45) is 5.73 Å². The fraction of sp³-hybridized carbons (Fsp3) is 0.537. The van der Waals surface area contributed by atoms with Gasteiger partial charge in [-0.3, -0.25) is 9.80 Å². The van der Waals surface area contributed by atoms with Crippen molar-refractivity contribution in [3.63, 3.8) is 0 Å². The average Bonchev–Trinajstić information content (AvgIpc) is 3.99. The molecule has 6 heterocycles. The summed E-state index contributed by atoms with van der Waals surface area (Å²) in [4.78, 5) is 15.4. The fourth-order valence-electron chi connectivity index (χ4n) is 8.76. The number of carbonyl (C=O) groups is 1. The van der Waals surface area contributed by atoms with Gasteiger partial charge in [0.1, 0.15) is 41.1 Å². The molecule has 8 rings (SSSR count). The van der Waals surface area contributed by atoms with E-state index in [0.29, 0.717) is 16.8 Å². The second-order valence-electron chi connectivity index (χ2n) is 18.2. The summed E-state index contributed by atoms with van der Waals surface area (Å²) < 4.78 is 205. The first-order valence-electron chi connectivity index (χ1n) is 20.9. The number of halogens is 10. The molecule has 2 aromatic heterocycles. The second-order valence-corrected chi connectivity index (χ2v) is 21.9. The highest BCUT2D eigenvalue weighted by Crippen LogP contribution is 2.45.